The zero-order valence-corrected chi connectivity index (χ0v) is 8.62. The fraction of sp³-hybridized carbons (Fsp3) is 0.455. The number of alkyl halides is 2. The minimum absolute atomic E-state index is 0.315. The van der Waals surface area contributed by atoms with Gasteiger partial charge < -0.3 is 10.1 Å². The average molecular weight is 215 g/mol. The summed E-state index contributed by atoms with van der Waals surface area (Å²) in [6, 6.07) is 9.35. The van der Waals surface area contributed by atoms with Gasteiger partial charge in [-0.25, -0.2) is 8.78 Å². The van der Waals surface area contributed by atoms with Crippen LogP contribution in [0.3, 0.4) is 0 Å². The fourth-order valence-corrected chi connectivity index (χ4v) is 1.31. The van der Waals surface area contributed by atoms with Crippen LogP contribution >= 0.6 is 0 Å². The van der Waals surface area contributed by atoms with Crippen molar-refractivity contribution in [3.8, 4) is 0 Å². The van der Waals surface area contributed by atoms with Gasteiger partial charge in [-0.15, -0.1) is 0 Å². The van der Waals surface area contributed by atoms with Crippen molar-refractivity contribution in [1.29, 1.82) is 0 Å². The summed E-state index contributed by atoms with van der Waals surface area (Å²) < 4.78 is 29.1. The van der Waals surface area contributed by atoms with Crippen LogP contribution in [0.15, 0.2) is 30.3 Å². The SMILES string of the molecule is CNCC(OCC(F)F)c1ccccc1. The fourth-order valence-electron chi connectivity index (χ4n) is 1.31. The lowest BCUT2D eigenvalue weighted by molar-refractivity contribution is -0.0240. The second-order valence-electron chi connectivity index (χ2n) is 3.18. The van der Waals surface area contributed by atoms with Gasteiger partial charge in [0.15, 0.2) is 0 Å². The lowest BCUT2D eigenvalue weighted by atomic mass is 10.1. The predicted molar refractivity (Wildman–Crippen MR) is 55.1 cm³/mol. The third-order valence-corrected chi connectivity index (χ3v) is 1.98. The van der Waals surface area contributed by atoms with Gasteiger partial charge in [-0.05, 0) is 12.6 Å². The molecule has 0 aromatic heterocycles. The number of benzene rings is 1. The Kier molecular flexibility index (Phi) is 5.21. The number of ether oxygens (including phenoxy) is 1. The van der Waals surface area contributed by atoms with Gasteiger partial charge in [-0.1, -0.05) is 30.3 Å². The molecule has 0 bridgehead atoms. The average Bonchev–Trinajstić information content (AvgIpc) is 2.25. The van der Waals surface area contributed by atoms with E-state index >= 15 is 0 Å². The van der Waals surface area contributed by atoms with Crippen LogP contribution in [0.4, 0.5) is 8.78 Å². The topological polar surface area (TPSA) is 21.3 Å². The first-order chi connectivity index (χ1) is 7.24. The first-order valence-electron chi connectivity index (χ1n) is 4.83. The molecule has 4 heteroatoms. The molecule has 84 valence electrons. The highest BCUT2D eigenvalue weighted by Crippen LogP contribution is 2.16. The van der Waals surface area contributed by atoms with Gasteiger partial charge in [0, 0.05) is 6.54 Å². The molecule has 0 radical (unpaired) electrons. The molecule has 0 aliphatic carbocycles. The molecular formula is C11H15F2NO. The maximum atomic E-state index is 12.0. The molecule has 1 atom stereocenters. The summed E-state index contributed by atoms with van der Waals surface area (Å²) in [5, 5.41) is 2.92. The van der Waals surface area contributed by atoms with Crippen LogP contribution in [-0.4, -0.2) is 26.6 Å². The van der Waals surface area contributed by atoms with Gasteiger partial charge in [0.25, 0.3) is 6.43 Å². The molecule has 0 spiro atoms. The molecule has 0 aliphatic rings. The summed E-state index contributed by atoms with van der Waals surface area (Å²) in [5.41, 5.74) is 0.910. The van der Waals surface area contributed by atoms with Gasteiger partial charge in [0.1, 0.15) is 6.61 Å². The Labute approximate surface area is 88.3 Å². The van der Waals surface area contributed by atoms with Crippen molar-refractivity contribution in [2.45, 2.75) is 12.5 Å². The Bertz CT molecular complexity index is 267. The second kappa shape index (κ2) is 6.48. The molecule has 15 heavy (non-hydrogen) atoms. The number of rotatable bonds is 6. The van der Waals surface area contributed by atoms with Crippen LogP contribution in [0.2, 0.25) is 0 Å². The zero-order valence-electron chi connectivity index (χ0n) is 8.62. The van der Waals surface area contributed by atoms with E-state index in [1.807, 2.05) is 30.3 Å². The first-order valence-corrected chi connectivity index (χ1v) is 4.83. The largest absolute Gasteiger partial charge is 0.366 e. The smallest absolute Gasteiger partial charge is 0.261 e. The molecule has 0 heterocycles. The van der Waals surface area contributed by atoms with E-state index in [-0.39, 0.29) is 6.10 Å². The second-order valence-corrected chi connectivity index (χ2v) is 3.18. The Balaban J connectivity index is 2.57. The quantitative estimate of drug-likeness (QED) is 0.785. The lowest BCUT2D eigenvalue weighted by Crippen LogP contribution is -2.21. The maximum absolute atomic E-state index is 12.0. The van der Waals surface area contributed by atoms with Crippen LogP contribution in [0, 0.1) is 0 Å². The third-order valence-electron chi connectivity index (χ3n) is 1.98. The van der Waals surface area contributed by atoms with E-state index in [1.54, 1.807) is 7.05 Å². The molecule has 0 amide bonds. The number of halogens is 2. The summed E-state index contributed by atoms with van der Waals surface area (Å²) in [6.45, 7) is -0.00201. The molecule has 1 N–H and O–H groups in total. The Hall–Kier alpha value is -1.00. The number of hydrogen-bond donors (Lipinski definition) is 1. The van der Waals surface area contributed by atoms with Crippen molar-refractivity contribution in [3.63, 3.8) is 0 Å². The highest BCUT2D eigenvalue weighted by atomic mass is 19.3. The number of likely N-dealkylation sites (N-methyl/N-ethyl adjacent to an activating group) is 1. The van der Waals surface area contributed by atoms with Crippen molar-refractivity contribution in [2.24, 2.45) is 0 Å². The Morgan fingerprint density at radius 1 is 1.27 bits per heavy atom. The van der Waals surface area contributed by atoms with Crippen LogP contribution in [0.5, 0.6) is 0 Å². The monoisotopic (exact) mass is 215 g/mol. The van der Waals surface area contributed by atoms with E-state index in [2.05, 4.69) is 5.32 Å². The first kappa shape index (κ1) is 12.1. The van der Waals surface area contributed by atoms with Crippen LogP contribution in [0.1, 0.15) is 11.7 Å². The minimum Gasteiger partial charge on any atom is -0.366 e. The summed E-state index contributed by atoms with van der Waals surface area (Å²) in [6.07, 6.45) is -2.74. The highest BCUT2D eigenvalue weighted by Gasteiger charge is 2.13. The highest BCUT2D eigenvalue weighted by molar-refractivity contribution is 5.17. The molecule has 0 fully saturated rings. The molecule has 0 saturated carbocycles. The summed E-state index contributed by atoms with van der Waals surface area (Å²) in [7, 11) is 1.77. The summed E-state index contributed by atoms with van der Waals surface area (Å²) in [4.78, 5) is 0. The summed E-state index contributed by atoms with van der Waals surface area (Å²) in [5.74, 6) is 0. The van der Waals surface area contributed by atoms with Crippen LogP contribution in [-0.2, 0) is 4.74 Å². The van der Waals surface area contributed by atoms with E-state index in [4.69, 9.17) is 4.74 Å². The lowest BCUT2D eigenvalue weighted by Gasteiger charge is -2.17. The van der Waals surface area contributed by atoms with Crippen molar-refractivity contribution >= 4 is 0 Å². The molecule has 0 saturated heterocycles. The van der Waals surface area contributed by atoms with E-state index in [9.17, 15) is 8.78 Å². The molecule has 1 aromatic carbocycles. The maximum Gasteiger partial charge on any atom is 0.261 e. The molecule has 1 aromatic rings. The van der Waals surface area contributed by atoms with Gasteiger partial charge in [-0.3, -0.25) is 0 Å². The van der Waals surface area contributed by atoms with E-state index in [0.717, 1.165) is 5.56 Å². The normalized spacial score (nSPS) is 13.1. The van der Waals surface area contributed by atoms with Gasteiger partial charge >= 0.3 is 0 Å². The van der Waals surface area contributed by atoms with Crippen LogP contribution < -0.4 is 5.32 Å². The van der Waals surface area contributed by atoms with Crippen molar-refractivity contribution in [3.05, 3.63) is 35.9 Å². The third kappa shape index (κ3) is 4.36. The van der Waals surface area contributed by atoms with Gasteiger partial charge in [-0.2, -0.15) is 0 Å². The Morgan fingerprint density at radius 2 is 1.93 bits per heavy atom. The molecule has 1 rings (SSSR count). The van der Waals surface area contributed by atoms with Crippen molar-refractivity contribution in [2.75, 3.05) is 20.2 Å². The summed E-state index contributed by atoms with van der Waals surface area (Å²) >= 11 is 0. The molecule has 1 unspecified atom stereocenters. The van der Waals surface area contributed by atoms with E-state index in [1.165, 1.54) is 0 Å². The Morgan fingerprint density at radius 3 is 2.47 bits per heavy atom. The van der Waals surface area contributed by atoms with Gasteiger partial charge in [0.2, 0.25) is 0 Å². The van der Waals surface area contributed by atoms with E-state index in [0.29, 0.717) is 6.54 Å². The minimum atomic E-state index is -2.42. The number of hydrogen-bond acceptors (Lipinski definition) is 2. The molecule has 2 nitrogen and oxygen atoms in total. The standard InChI is InChI=1S/C11H15F2NO/c1-14-7-10(15-8-11(12)13)9-5-3-2-4-6-9/h2-6,10-11,14H,7-8H2,1H3. The van der Waals surface area contributed by atoms with Crippen LogP contribution in [0.25, 0.3) is 0 Å². The van der Waals surface area contributed by atoms with Gasteiger partial charge in [0.05, 0.1) is 6.10 Å². The van der Waals surface area contributed by atoms with E-state index < -0.39 is 13.0 Å². The molecular weight excluding hydrogens is 200 g/mol. The van der Waals surface area contributed by atoms with Crippen molar-refractivity contribution in [1.82, 2.24) is 5.32 Å². The van der Waals surface area contributed by atoms with Crippen molar-refractivity contribution < 1.29 is 13.5 Å². The number of nitrogens with one attached hydrogen (secondary N) is 1. The zero-order chi connectivity index (χ0) is 11.1. The predicted octanol–water partition coefficient (Wildman–Crippen LogP) is 2.23. The molecule has 0 aliphatic heterocycles.